The largest absolute Gasteiger partial charge is 0.508 e. The van der Waals surface area contributed by atoms with Crippen LogP contribution in [0.2, 0.25) is 0 Å². The molecule has 5 aliphatic heterocycles. The maximum absolute atomic E-state index is 13.2. The van der Waals surface area contributed by atoms with Crippen molar-refractivity contribution in [3.05, 3.63) is 92.7 Å². The van der Waals surface area contributed by atoms with E-state index in [2.05, 4.69) is 58.2 Å². The van der Waals surface area contributed by atoms with Gasteiger partial charge in [0.05, 0.1) is 37.5 Å². The van der Waals surface area contributed by atoms with Crippen LogP contribution in [0.5, 0.6) is 28.7 Å². The Labute approximate surface area is 461 Å². The first-order valence-corrected chi connectivity index (χ1v) is 30.8. The molecule has 0 radical (unpaired) electrons. The van der Waals surface area contributed by atoms with E-state index in [4.69, 9.17) is 29.4 Å². The summed E-state index contributed by atoms with van der Waals surface area (Å²) in [4.78, 5) is 13.1. The number of aliphatic hydroxyl groups excluding tert-OH is 1. The molecule has 5 heterocycles. The van der Waals surface area contributed by atoms with Crippen LogP contribution in [-0.4, -0.2) is 97.7 Å². The van der Waals surface area contributed by atoms with Gasteiger partial charge in [0.25, 0.3) is 0 Å². The predicted octanol–water partition coefficient (Wildman–Crippen LogP) is 9.39. The van der Waals surface area contributed by atoms with Crippen molar-refractivity contribution in [1.29, 1.82) is 0 Å². The number of aliphatic hydroxyl groups is 1. The molecule has 3 aromatic rings. The Kier molecular flexibility index (Phi) is 15.1. The van der Waals surface area contributed by atoms with Gasteiger partial charge in [-0.2, -0.15) is 0 Å². The number of methoxy groups -OCH3 is 2. The van der Waals surface area contributed by atoms with E-state index in [1.54, 1.807) is 20.3 Å². The predicted molar refractivity (Wildman–Crippen MR) is 303 cm³/mol. The number of phenolic OH excluding ortho intramolecular Hbond substituents is 2. The molecular formula is C62H76N4O9S2. The first-order chi connectivity index (χ1) is 37.5. The van der Waals surface area contributed by atoms with Gasteiger partial charge in [0.1, 0.15) is 36.1 Å². The van der Waals surface area contributed by atoms with Crippen molar-refractivity contribution in [2.45, 2.75) is 145 Å². The summed E-state index contributed by atoms with van der Waals surface area (Å²) in [6, 6.07) is 8.16. The van der Waals surface area contributed by atoms with E-state index < -0.39 is 18.2 Å². The van der Waals surface area contributed by atoms with Gasteiger partial charge in [0, 0.05) is 108 Å². The minimum atomic E-state index is -0.710. The van der Waals surface area contributed by atoms with Gasteiger partial charge in [-0.1, -0.05) is 77.1 Å². The van der Waals surface area contributed by atoms with E-state index >= 15 is 0 Å². The molecule has 1 spiro atoms. The summed E-state index contributed by atoms with van der Waals surface area (Å²) >= 11 is 0. The van der Waals surface area contributed by atoms with Gasteiger partial charge in [0.2, 0.25) is 0 Å². The number of allylic oxidation sites excluding steroid dienone is 3. The summed E-state index contributed by atoms with van der Waals surface area (Å²) in [6.07, 6.45) is 20.5. The second-order valence-corrected chi connectivity index (χ2v) is 26.2. The van der Waals surface area contributed by atoms with E-state index in [-0.39, 0.29) is 72.5 Å². The molecule has 1 unspecified atom stereocenters. The molecular weight excluding hydrogens is 1010 g/mol. The third kappa shape index (κ3) is 9.94. The maximum Gasteiger partial charge on any atom is 0.302 e. The van der Waals surface area contributed by atoms with Crippen LogP contribution in [0, 0.1) is 35.0 Å². The SMILES string of the molecule is COCC1([C@H](CO)CNCc2c(O)c3c(c4c2CC#CC2=C(C=CC(N)N2)C[C@H]2CC[C@]5(Cc6cc(O)cc(OC)c6-c6ccc7c(c65)O[C@H]4[C@H]7COC(C)=O)C2)C=C[C@@H]2N[C@H]4CCC[C@H](CSSC[C@H]2O3)C4)CCCC1. The Bertz CT molecular complexity index is 2940. The van der Waals surface area contributed by atoms with E-state index in [1.165, 1.54) is 19.8 Å². The number of hydrogen-bond donors (Lipinski definition) is 7. The number of hydrogen-bond acceptors (Lipinski definition) is 15. The summed E-state index contributed by atoms with van der Waals surface area (Å²) in [7, 11) is 7.18. The second-order valence-electron chi connectivity index (χ2n) is 23.7. The van der Waals surface area contributed by atoms with Gasteiger partial charge < -0.3 is 60.7 Å². The quantitative estimate of drug-likeness (QED) is 0.0547. The highest BCUT2D eigenvalue weighted by Gasteiger charge is 2.52. The van der Waals surface area contributed by atoms with Gasteiger partial charge in [-0.05, 0) is 122 Å². The van der Waals surface area contributed by atoms with Gasteiger partial charge in [-0.15, -0.1) is 0 Å². The molecule has 8 N–H and O–H groups in total. The summed E-state index contributed by atoms with van der Waals surface area (Å²) in [6.45, 7) is 2.86. The van der Waals surface area contributed by atoms with Crippen LogP contribution in [0.15, 0.2) is 53.8 Å². The standard InChI is InChI=1S/C62H76N4O9S2/c1-35(68)73-31-48-44-13-14-45-54-39(24-42(69)25-51(54)72-3)27-62-21-18-36(26-62)22-38-12-17-53(63)66-49(38)11-7-10-43-47(29-64-28-40(30-67)61(34-71-2)19-4-5-20-61)57(70)60-46(55(43)58(48)75-59(44)56(45)62)15-16-50-52(74-60)33-77-76-32-37-8-6-9-41(23-37)65-50/h12-17,24-25,36-37,40-41,48,50,52-53,58,64-67,69-70H,4-6,8-10,18-23,26-34,63H2,1-3H3/t36-,37+,40+,41+,48+,50+,52-,53?,58+,62-/m1/s1. The van der Waals surface area contributed by atoms with Crippen LogP contribution in [0.25, 0.3) is 17.2 Å². The Morgan fingerprint density at radius 2 is 1.87 bits per heavy atom. The average molecular weight is 1090 g/mol. The summed E-state index contributed by atoms with van der Waals surface area (Å²) < 4.78 is 33.2. The van der Waals surface area contributed by atoms with E-state index in [0.29, 0.717) is 60.3 Å². The number of dihydropyridines is 1. The lowest BCUT2D eigenvalue weighted by Crippen LogP contribution is -2.49. The monoisotopic (exact) mass is 1080 g/mol. The lowest BCUT2D eigenvalue weighted by Gasteiger charge is -2.39. The zero-order valence-electron chi connectivity index (χ0n) is 44.8. The smallest absolute Gasteiger partial charge is 0.302 e. The molecule has 3 aromatic carbocycles. The van der Waals surface area contributed by atoms with Crippen molar-refractivity contribution in [2.24, 2.45) is 28.9 Å². The number of ether oxygens (including phenoxy) is 5. The molecule has 0 aromatic heterocycles. The lowest BCUT2D eigenvalue weighted by molar-refractivity contribution is -0.141. The first-order valence-electron chi connectivity index (χ1n) is 28.3. The third-order valence-electron chi connectivity index (χ3n) is 19.0. The van der Waals surface area contributed by atoms with Crippen LogP contribution in [-0.2, 0) is 39.1 Å². The number of nitrogens with two attached hydrogens (primary N) is 1. The van der Waals surface area contributed by atoms with Crippen molar-refractivity contribution >= 4 is 33.6 Å². The fourth-order valence-corrected chi connectivity index (χ4v) is 18.1. The van der Waals surface area contributed by atoms with Crippen molar-refractivity contribution in [1.82, 2.24) is 16.0 Å². The zero-order valence-corrected chi connectivity index (χ0v) is 46.5. The topological polar surface area (TPSA) is 186 Å². The number of rotatable bonds is 11. The molecule has 4 fully saturated rings. The third-order valence-corrected chi connectivity index (χ3v) is 21.6. The highest BCUT2D eigenvalue weighted by molar-refractivity contribution is 8.76. The summed E-state index contributed by atoms with van der Waals surface area (Å²) in [5, 5.41) is 46.8. The highest BCUT2D eigenvalue weighted by atomic mass is 33.1. The Hall–Kier alpha value is -4.79. The maximum atomic E-state index is 13.2. The zero-order chi connectivity index (χ0) is 53.0. The molecule has 0 amide bonds. The number of nitrogens with one attached hydrogen (secondary N) is 3. The van der Waals surface area contributed by atoms with Crippen molar-refractivity contribution in [3.8, 4) is 51.7 Å². The van der Waals surface area contributed by atoms with E-state index in [0.717, 1.165) is 131 Å². The van der Waals surface area contributed by atoms with Crippen molar-refractivity contribution < 1.29 is 43.8 Å². The van der Waals surface area contributed by atoms with Gasteiger partial charge in [0.15, 0.2) is 11.5 Å². The minimum absolute atomic E-state index is 0.00865. The molecule has 6 bridgehead atoms. The number of carbonyl (C=O) groups is 1. The fraction of sp³-hybridized carbons (Fsp3) is 0.565. The van der Waals surface area contributed by atoms with Gasteiger partial charge in [-0.25, -0.2) is 0 Å². The van der Waals surface area contributed by atoms with Crippen LogP contribution < -0.4 is 35.9 Å². The molecule has 13 nitrogen and oxygen atoms in total. The number of esters is 1. The Morgan fingerprint density at radius 1 is 1.01 bits per heavy atom. The second kappa shape index (κ2) is 22.0. The molecule has 4 aliphatic carbocycles. The first kappa shape index (κ1) is 52.9. The molecule has 1 saturated heterocycles. The normalized spacial score (nSPS) is 29.7. The van der Waals surface area contributed by atoms with E-state index in [9.17, 15) is 20.1 Å². The molecule has 15 heteroatoms. The lowest BCUT2D eigenvalue weighted by atomic mass is 9.65. The van der Waals surface area contributed by atoms with Crippen molar-refractivity contribution in [2.75, 3.05) is 52.1 Å². The van der Waals surface area contributed by atoms with Gasteiger partial charge in [-0.3, -0.25) is 4.79 Å². The Morgan fingerprint density at radius 3 is 2.69 bits per heavy atom. The fourth-order valence-electron chi connectivity index (χ4n) is 15.4. The van der Waals surface area contributed by atoms with Gasteiger partial charge >= 0.3 is 5.97 Å². The average Bonchev–Trinajstić information content (AvgIpc) is 4.26. The molecule has 9 aliphatic rings. The summed E-state index contributed by atoms with van der Waals surface area (Å²) in [5.74, 6) is 11.1. The number of fused-ring (bicyclic) bond motifs is 11. The number of aromatic hydroxyl groups is 2. The highest BCUT2D eigenvalue weighted by Crippen LogP contribution is 2.63. The molecule has 10 atom stereocenters. The molecule has 410 valence electrons. The number of carbonyl (C=O) groups excluding carboxylic acids is 1. The molecule has 12 rings (SSSR count). The van der Waals surface area contributed by atoms with Crippen LogP contribution >= 0.6 is 21.6 Å². The van der Waals surface area contributed by atoms with Crippen molar-refractivity contribution in [3.63, 3.8) is 0 Å². The molecule has 3 saturated carbocycles. The van der Waals surface area contributed by atoms with E-state index in [1.807, 2.05) is 33.7 Å². The van der Waals surface area contributed by atoms with Crippen LogP contribution in [0.1, 0.15) is 135 Å². The summed E-state index contributed by atoms with van der Waals surface area (Å²) in [5.41, 5.74) is 16.1. The minimum Gasteiger partial charge on any atom is -0.508 e. The molecule has 77 heavy (non-hydrogen) atoms. The van der Waals surface area contributed by atoms with Crippen LogP contribution in [0.4, 0.5) is 0 Å². The number of phenols is 2. The number of benzene rings is 3. The Balaban J connectivity index is 1.08. The van der Waals surface area contributed by atoms with Crippen LogP contribution in [0.3, 0.4) is 0 Å².